The number of rotatable bonds is 5. The highest BCUT2D eigenvalue weighted by Crippen LogP contribution is 2.17. The Morgan fingerprint density at radius 2 is 1.79 bits per heavy atom. The molecular formula is C14H22N4O. The number of primary amides is 1. The minimum Gasteiger partial charge on any atom is -0.370 e. The van der Waals surface area contributed by atoms with Crippen LogP contribution in [0.5, 0.6) is 0 Å². The molecular weight excluding hydrogens is 240 g/mol. The van der Waals surface area contributed by atoms with E-state index >= 15 is 0 Å². The normalized spacial score (nSPS) is 18.3. The van der Waals surface area contributed by atoms with Gasteiger partial charge in [-0.3, -0.25) is 9.69 Å². The Bertz CT molecular complexity index is 401. The summed E-state index contributed by atoms with van der Waals surface area (Å²) in [4.78, 5) is 15.7. The lowest BCUT2D eigenvalue weighted by molar-refractivity contribution is -0.119. The molecule has 1 saturated heterocycles. The molecule has 1 aliphatic heterocycles. The lowest BCUT2D eigenvalue weighted by atomic mass is 10.1. The summed E-state index contributed by atoms with van der Waals surface area (Å²) in [6.07, 6.45) is 0.349. The Labute approximate surface area is 114 Å². The summed E-state index contributed by atoms with van der Waals surface area (Å²) in [7, 11) is 0. The lowest BCUT2D eigenvalue weighted by Crippen LogP contribution is -2.53. The van der Waals surface area contributed by atoms with Crippen LogP contribution in [0.2, 0.25) is 0 Å². The van der Waals surface area contributed by atoms with Crippen molar-refractivity contribution >= 4 is 11.6 Å². The van der Waals surface area contributed by atoms with Crippen molar-refractivity contribution in [3.8, 4) is 0 Å². The zero-order valence-electron chi connectivity index (χ0n) is 11.2. The van der Waals surface area contributed by atoms with E-state index in [1.165, 1.54) is 5.69 Å². The molecule has 1 fully saturated rings. The van der Waals surface area contributed by atoms with Gasteiger partial charge in [0.15, 0.2) is 0 Å². The number of carbonyl (C=O) groups is 1. The van der Waals surface area contributed by atoms with Crippen molar-refractivity contribution in [1.29, 1.82) is 0 Å². The third-order valence-electron chi connectivity index (χ3n) is 3.66. The van der Waals surface area contributed by atoms with Crippen LogP contribution in [0.1, 0.15) is 6.42 Å². The van der Waals surface area contributed by atoms with Gasteiger partial charge in [0.2, 0.25) is 5.91 Å². The molecule has 1 aliphatic rings. The summed E-state index contributed by atoms with van der Waals surface area (Å²) in [5.41, 5.74) is 12.2. The highest BCUT2D eigenvalue weighted by molar-refractivity contribution is 5.74. The van der Waals surface area contributed by atoms with E-state index in [-0.39, 0.29) is 11.9 Å². The molecule has 0 aromatic heterocycles. The van der Waals surface area contributed by atoms with E-state index in [9.17, 15) is 4.79 Å². The molecule has 1 aromatic carbocycles. The second-order valence-corrected chi connectivity index (χ2v) is 4.92. The first-order valence-corrected chi connectivity index (χ1v) is 6.73. The Morgan fingerprint density at radius 3 is 2.32 bits per heavy atom. The van der Waals surface area contributed by atoms with Crippen molar-refractivity contribution in [2.75, 3.05) is 37.6 Å². The molecule has 2 rings (SSSR count). The van der Waals surface area contributed by atoms with Crippen LogP contribution >= 0.6 is 0 Å². The van der Waals surface area contributed by atoms with Crippen LogP contribution in [0.4, 0.5) is 5.69 Å². The smallest absolute Gasteiger partial charge is 0.219 e. The van der Waals surface area contributed by atoms with Gasteiger partial charge in [0.25, 0.3) is 0 Å². The zero-order chi connectivity index (χ0) is 13.7. The van der Waals surface area contributed by atoms with Crippen LogP contribution in [0.25, 0.3) is 0 Å². The van der Waals surface area contributed by atoms with Gasteiger partial charge in [0, 0.05) is 50.9 Å². The first kappa shape index (κ1) is 13.8. The predicted octanol–water partition coefficient (Wildman–Crippen LogP) is 0.0113. The highest BCUT2D eigenvalue weighted by atomic mass is 16.1. The van der Waals surface area contributed by atoms with E-state index in [2.05, 4.69) is 34.1 Å². The molecule has 5 heteroatoms. The summed E-state index contributed by atoms with van der Waals surface area (Å²) in [5.74, 6) is -0.277. The largest absolute Gasteiger partial charge is 0.370 e. The molecule has 0 saturated carbocycles. The number of nitrogens with two attached hydrogens (primary N) is 2. The average molecular weight is 262 g/mol. The molecule has 104 valence electrons. The summed E-state index contributed by atoms with van der Waals surface area (Å²) in [6, 6.07) is 10.5. The van der Waals surface area contributed by atoms with E-state index in [1.807, 2.05) is 6.07 Å². The van der Waals surface area contributed by atoms with E-state index < -0.39 is 0 Å². The van der Waals surface area contributed by atoms with Gasteiger partial charge in [-0.15, -0.1) is 0 Å². The summed E-state index contributed by atoms with van der Waals surface area (Å²) < 4.78 is 0. The van der Waals surface area contributed by atoms with E-state index in [4.69, 9.17) is 11.5 Å². The summed E-state index contributed by atoms with van der Waals surface area (Å²) in [5, 5.41) is 0. The van der Waals surface area contributed by atoms with Crippen LogP contribution in [-0.2, 0) is 4.79 Å². The number of carbonyl (C=O) groups excluding carboxylic acids is 1. The number of anilines is 1. The van der Waals surface area contributed by atoms with Gasteiger partial charge in [0.05, 0.1) is 0 Å². The van der Waals surface area contributed by atoms with Crippen molar-refractivity contribution in [2.45, 2.75) is 12.5 Å². The van der Waals surface area contributed by atoms with Crippen LogP contribution in [0.15, 0.2) is 30.3 Å². The third kappa shape index (κ3) is 3.68. The molecule has 5 nitrogen and oxygen atoms in total. The van der Waals surface area contributed by atoms with Crippen LogP contribution in [-0.4, -0.2) is 49.6 Å². The molecule has 1 aromatic rings. The number of benzene rings is 1. The van der Waals surface area contributed by atoms with Crippen LogP contribution in [0.3, 0.4) is 0 Å². The molecule has 1 heterocycles. The zero-order valence-corrected chi connectivity index (χ0v) is 11.2. The Kier molecular flexibility index (Phi) is 4.76. The molecule has 1 atom stereocenters. The molecule has 0 bridgehead atoms. The number of nitrogens with zero attached hydrogens (tertiary/aromatic N) is 2. The second-order valence-electron chi connectivity index (χ2n) is 4.92. The van der Waals surface area contributed by atoms with Gasteiger partial charge in [-0.1, -0.05) is 18.2 Å². The Morgan fingerprint density at radius 1 is 1.16 bits per heavy atom. The minimum absolute atomic E-state index is 0.0791. The Balaban J connectivity index is 1.89. The fraction of sp³-hybridized carbons (Fsp3) is 0.500. The monoisotopic (exact) mass is 262 g/mol. The number of hydrogen-bond donors (Lipinski definition) is 2. The summed E-state index contributed by atoms with van der Waals surface area (Å²) in [6.45, 7) is 4.24. The van der Waals surface area contributed by atoms with Gasteiger partial charge in [-0.05, 0) is 12.1 Å². The van der Waals surface area contributed by atoms with Gasteiger partial charge >= 0.3 is 0 Å². The van der Waals surface area contributed by atoms with Gasteiger partial charge in [-0.2, -0.15) is 0 Å². The van der Waals surface area contributed by atoms with Gasteiger partial charge < -0.3 is 16.4 Å². The fourth-order valence-electron chi connectivity index (χ4n) is 2.58. The quantitative estimate of drug-likeness (QED) is 0.784. The fourth-order valence-corrected chi connectivity index (χ4v) is 2.58. The maximum absolute atomic E-state index is 11.0. The van der Waals surface area contributed by atoms with E-state index in [0.29, 0.717) is 13.0 Å². The lowest BCUT2D eigenvalue weighted by Gasteiger charge is -2.39. The second kappa shape index (κ2) is 6.54. The third-order valence-corrected chi connectivity index (χ3v) is 3.66. The number of hydrogen-bond acceptors (Lipinski definition) is 4. The number of amides is 1. The van der Waals surface area contributed by atoms with Crippen molar-refractivity contribution in [2.24, 2.45) is 11.5 Å². The van der Waals surface area contributed by atoms with E-state index in [0.717, 1.165) is 26.2 Å². The molecule has 0 radical (unpaired) electrons. The summed E-state index contributed by atoms with van der Waals surface area (Å²) >= 11 is 0. The van der Waals surface area contributed by atoms with Crippen molar-refractivity contribution < 1.29 is 4.79 Å². The Hall–Kier alpha value is -1.59. The SMILES string of the molecule is NCC(CC(N)=O)N1CCN(c2ccccc2)CC1. The van der Waals surface area contributed by atoms with Crippen molar-refractivity contribution in [1.82, 2.24) is 4.90 Å². The number of para-hydroxylation sites is 1. The average Bonchev–Trinajstić information content (AvgIpc) is 2.46. The molecule has 4 N–H and O–H groups in total. The maximum Gasteiger partial charge on any atom is 0.219 e. The van der Waals surface area contributed by atoms with Crippen molar-refractivity contribution in [3.05, 3.63) is 30.3 Å². The molecule has 0 aliphatic carbocycles. The molecule has 1 unspecified atom stereocenters. The van der Waals surface area contributed by atoms with Gasteiger partial charge in [0.1, 0.15) is 0 Å². The van der Waals surface area contributed by atoms with Crippen LogP contribution < -0.4 is 16.4 Å². The standard InChI is InChI=1S/C14H22N4O/c15-11-13(10-14(16)19)18-8-6-17(7-9-18)12-4-2-1-3-5-12/h1-5,13H,6-11,15H2,(H2,16,19). The molecule has 1 amide bonds. The van der Waals surface area contributed by atoms with E-state index in [1.54, 1.807) is 0 Å². The van der Waals surface area contributed by atoms with Crippen LogP contribution in [0, 0.1) is 0 Å². The minimum atomic E-state index is -0.277. The first-order chi connectivity index (χ1) is 9.20. The van der Waals surface area contributed by atoms with Crippen molar-refractivity contribution in [3.63, 3.8) is 0 Å². The molecule has 0 spiro atoms. The predicted molar refractivity (Wildman–Crippen MR) is 76.9 cm³/mol. The topological polar surface area (TPSA) is 75.6 Å². The molecule has 19 heavy (non-hydrogen) atoms. The van der Waals surface area contributed by atoms with Gasteiger partial charge in [-0.25, -0.2) is 0 Å². The maximum atomic E-state index is 11.0. The first-order valence-electron chi connectivity index (χ1n) is 6.73. The number of piperazine rings is 1. The highest BCUT2D eigenvalue weighted by Gasteiger charge is 2.24.